The summed E-state index contributed by atoms with van der Waals surface area (Å²) in [4.78, 5) is 16.9. The fourth-order valence-electron chi connectivity index (χ4n) is 5.27. The molecule has 0 aliphatic carbocycles. The molecule has 1 saturated heterocycles. The van der Waals surface area contributed by atoms with Crippen LogP contribution in [0.4, 0.5) is 0 Å². The second-order valence-corrected chi connectivity index (χ2v) is 11.5. The second-order valence-electron chi connectivity index (χ2n) is 11.5. The summed E-state index contributed by atoms with van der Waals surface area (Å²) < 4.78 is 6.43. The van der Waals surface area contributed by atoms with Gasteiger partial charge in [-0.25, -0.2) is 0 Å². The van der Waals surface area contributed by atoms with Crippen LogP contribution >= 0.6 is 0 Å². The molecule has 5 nitrogen and oxygen atoms in total. The first kappa shape index (κ1) is 29.0. The maximum absolute atomic E-state index is 12.6. The van der Waals surface area contributed by atoms with Crippen LogP contribution in [-0.4, -0.2) is 59.6 Å². The largest absolute Gasteiger partial charge is 0.508 e. The fraction of sp³-hybridized carbons (Fsp3) is 0.594. The summed E-state index contributed by atoms with van der Waals surface area (Å²) >= 11 is 0. The molecule has 5 heteroatoms. The molecule has 1 aromatic rings. The van der Waals surface area contributed by atoms with Crippen LogP contribution in [0.25, 0.3) is 0 Å². The number of fused-ring (bicyclic) bond motifs is 1. The number of piperazine rings is 1. The number of hydrogen-bond donors (Lipinski definition) is 1. The predicted molar refractivity (Wildman–Crippen MR) is 153 cm³/mol. The van der Waals surface area contributed by atoms with Gasteiger partial charge in [0.25, 0.3) is 0 Å². The van der Waals surface area contributed by atoms with E-state index >= 15 is 0 Å². The molecule has 1 N–H and O–H groups in total. The number of amides is 1. The van der Waals surface area contributed by atoms with Gasteiger partial charge < -0.3 is 19.6 Å². The van der Waals surface area contributed by atoms with Crippen LogP contribution in [0, 0.1) is 6.92 Å². The zero-order chi connectivity index (χ0) is 27.0. The summed E-state index contributed by atoms with van der Waals surface area (Å²) in [5.41, 5.74) is 5.69. The van der Waals surface area contributed by atoms with Crippen molar-refractivity contribution >= 4 is 5.91 Å². The third-order valence-electron chi connectivity index (χ3n) is 7.92. The number of hydrogen-bond acceptors (Lipinski definition) is 4. The van der Waals surface area contributed by atoms with Gasteiger partial charge in [-0.3, -0.25) is 4.79 Å². The van der Waals surface area contributed by atoms with Crippen LogP contribution in [-0.2, 0) is 11.2 Å². The fourth-order valence-corrected chi connectivity index (χ4v) is 5.27. The predicted octanol–water partition coefficient (Wildman–Crippen LogP) is 6.74. The lowest BCUT2D eigenvalue weighted by Crippen LogP contribution is -2.47. The molecular weight excluding hydrogens is 460 g/mol. The number of ether oxygens (including phenoxy) is 1. The van der Waals surface area contributed by atoms with Crippen molar-refractivity contribution in [3.63, 3.8) is 0 Å². The number of aryl methyl sites for hydroxylation is 2. The lowest BCUT2D eigenvalue weighted by Gasteiger charge is -2.36. The number of phenolic OH excluding ortho intramolecular Hbond substituents is 1. The van der Waals surface area contributed by atoms with Crippen molar-refractivity contribution in [3.8, 4) is 11.5 Å². The molecule has 2 aliphatic heterocycles. The summed E-state index contributed by atoms with van der Waals surface area (Å²) in [6.07, 6.45) is 14.8. The third kappa shape index (κ3) is 8.77. The van der Waals surface area contributed by atoms with Crippen molar-refractivity contribution < 1.29 is 14.6 Å². The Morgan fingerprint density at radius 1 is 1.00 bits per heavy atom. The number of benzene rings is 1. The van der Waals surface area contributed by atoms with Gasteiger partial charge in [0.15, 0.2) is 0 Å². The van der Waals surface area contributed by atoms with E-state index in [1.165, 1.54) is 11.1 Å². The van der Waals surface area contributed by atoms with Crippen LogP contribution in [0.1, 0.15) is 83.8 Å². The Morgan fingerprint density at radius 3 is 2.30 bits per heavy atom. The summed E-state index contributed by atoms with van der Waals surface area (Å²) in [6.45, 7) is 14.2. The van der Waals surface area contributed by atoms with Crippen molar-refractivity contribution in [1.82, 2.24) is 9.80 Å². The topological polar surface area (TPSA) is 53.0 Å². The van der Waals surface area contributed by atoms with Crippen LogP contribution < -0.4 is 4.74 Å². The minimum Gasteiger partial charge on any atom is -0.508 e. The van der Waals surface area contributed by atoms with Crippen LogP contribution in [0.3, 0.4) is 0 Å². The molecule has 1 fully saturated rings. The van der Waals surface area contributed by atoms with Crippen LogP contribution in [0.5, 0.6) is 11.5 Å². The normalized spacial score (nSPS) is 21.6. The van der Waals surface area contributed by atoms with Gasteiger partial charge in [-0.1, -0.05) is 29.4 Å². The maximum atomic E-state index is 12.6. The molecule has 1 atom stereocenters. The number of aromatic hydroxyl groups is 1. The average Bonchev–Trinajstić information content (AvgIpc) is 2.84. The lowest BCUT2D eigenvalue weighted by molar-refractivity contribution is -0.128. The van der Waals surface area contributed by atoms with Gasteiger partial charge >= 0.3 is 0 Å². The molecule has 37 heavy (non-hydrogen) atoms. The Balaban J connectivity index is 1.37. The zero-order valence-corrected chi connectivity index (χ0v) is 24.0. The molecule has 1 amide bonds. The quantitative estimate of drug-likeness (QED) is 0.281. The zero-order valence-electron chi connectivity index (χ0n) is 24.0. The first-order chi connectivity index (χ1) is 17.6. The lowest BCUT2D eigenvalue weighted by atomic mass is 9.87. The van der Waals surface area contributed by atoms with Crippen molar-refractivity contribution in [3.05, 3.63) is 58.2 Å². The van der Waals surface area contributed by atoms with Gasteiger partial charge in [-0.05, 0) is 116 Å². The molecule has 0 aromatic heterocycles. The third-order valence-corrected chi connectivity index (χ3v) is 7.92. The Bertz CT molecular complexity index is 1030. The highest BCUT2D eigenvalue weighted by Gasteiger charge is 2.32. The first-order valence-electron chi connectivity index (χ1n) is 14.0. The van der Waals surface area contributed by atoms with E-state index in [1.807, 2.05) is 24.8 Å². The second kappa shape index (κ2) is 13.3. The summed E-state index contributed by atoms with van der Waals surface area (Å²) in [5, 5.41) is 9.86. The van der Waals surface area contributed by atoms with Crippen molar-refractivity contribution in [2.45, 2.75) is 91.6 Å². The van der Waals surface area contributed by atoms with Gasteiger partial charge in [0, 0.05) is 31.8 Å². The van der Waals surface area contributed by atoms with Crippen molar-refractivity contribution in [2.24, 2.45) is 0 Å². The molecule has 2 heterocycles. The van der Waals surface area contributed by atoms with Gasteiger partial charge in [0.1, 0.15) is 17.1 Å². The van der Waals surface area contributed by atoms with Gasteiger partial charge in [0.05, 0.1) is 0 Å². The Labute approximate surface area is 224 Å². The minimum absolute atomic E-state index is 0.153. The molecule has 3 rings (SSSR count). The number of likely N-dealkylation sites (N-methyl/N-ethyl adjacent to an activating group) is 1. The van der Waals surface area contributed by atoms with E-state index < -0.39 is 0 Å². The first-order valence-corrected chi connectivity index (χ1v) is 14.0. The molecule has 0 saturated carbocycles. The minimum atomic E-state index is -0.153. The highest BCUT2D eigenvalue weighted by Crippen LogP contribution is 2.39. The number of allylic oxidation sites excluding steroid dienone is 5. The molecule has 0 bridgehead atoms. The summed E-state index contributed by atoms with van der Waals surface area (Å²) in [6, 6.07) is 3.63. The Kier molecular flexibility index (Phi) is 10.5. The van der Waals surface area contributed by atoms with E-state index in [1.54, 1.807) is 6.07 Å². The van der Waals surface area contributed by atoms with E-state index in [-0.39, 0.29) is 11.5 Å². The molecular formula is C32H48N2O3. The number of nitrogens with zero attached hydrogens (tertiary/aromatic N) is 2. The van der Waals surface area contributed by atoms with Gasteiger partial charge in [-0.15, -0.1) is 0 Å². The molecule has 1 aromatic carbocycles. The smallest absolute Gasteiger partial charge is 0.249 e. The maximum Gasteiger partial charge on any atom is 0.249 e. The van der Waals surface area contributed by atoms with E-state index in [0.717, 1.165) is 100.0 Å². The van der Waals surface area contributed by atoms with Gasteiger partial charge in [0.2, 0.25) is 5.91 Å². The van der Waals surface area contributed by atoms with Gasteiger partial charge in [-0.2, -0.15) is 0 Å². The van der Waals surface area contributed by atoms with Crippen LogP contribution in [0.15, 0.2) is 47.1 Å². The van der Waals surface area contributed by atoms with E-state index in [9.17, 15) is 9.90 Å². The number of phenols is 1. The highest BCUT2D eigenvalue weighted by molar-refractivity contribution is 5.92. The monoisotopic (exact) mass is 508 g/mol. The summed E-state index contributed by atoms with van der Waals surface area (Å²) in [5.74, 6) is 1.48. The molecule has 1 unspecified atom stereocenters. The molecule has 0 radical (unpaired) electrons. The van der Waals surface area contributed by atoms with Crippen molar-refractivity contribution in [2.75, 3.05) is 33.2 Å². The standard InChI is InChI=1S/C32H48N2O3/c1-24(12-8-14-26(3)31(36)34-20-18-33(6)19-21-34)10-7-11-25(2)13-9-16-32(5)17-15-28-23-29(35)22-27(4)30(28)37-32/h10,13-14,22-23,35H,7-9,11-12,15-21H2,1-6H3/b24-10+,25-13+,26-14+. The number of rotatable bonds is 10. The number of carbonyl (C=O) groups excluding carboxylic acids is 1. The Morgan fingerprint density at radius 2 is 1.62 bits per heavy atom. The number of carbonyl (C=O) groups is 1. The van der Waals surface area contributed by atoms with Crippen LogP contribution in [0.2, 0.25) is 0 Å². The van der Waals surface area contributed by atoms with Crippen molar-refractivity contribution in [1.29, 1.82) is 0 Å². The Hall–Kier alpha value is -2.53. The molecule has 2 aliphatic rings. The molecule has 0 spiro atoms. The molecule has 204 valence electrons. The van der Waals surface area contributed by atoms with E-state index in [0.29, 0.717) is 5.75 Å². The SMILES string of the molecule is C/C(=C\CC/C(C)=C/CCC1(C)CCc2cc(O)cc(C)c2O1)CC/C=C(\C)C(=O)N1CCN(C)CC1. The average molecular weight is 509 g/mol. The summed E-state index contributed by atoms with van der Waals surface area (Å²) in [7, 11) is 2.11. The van der Waals surface area contributed by atoms with E-state index in [4.69, 9.17) is 4.74 Å². The van der Waals surface area contributed by atoms with E-state index in [2.05, 4.69) is 50.9 Å². The highest BCUT2D eigenvalue weighted by atomic mass is 16.5.